The first-order valence-corrected chi connectivity index (χ1v) is 10.7. The van der Waals surface area contributed by atoms with Crippen molar-refractivity contribution in [3.05, 3.63) is 59.7 Å². The van der Waals surface area contributed by atoms with Crippen molar-refractivity contribution in [3.8, 4) is 11.4 Å². The fourth-order valence-electron chi connectivity index (χ4n) is 3.46. The number of amides is 1. The molecular formula is C24H27F3N4O3. The number of rotatable bonds is 6. The lowest BCUT2D eigenvalue weighted by molar-refractivity contribution is -0.137. The first kappa shape index (κ1) is 25.1. The number of aromatic nitrogens is 3. The zero-order valence-electron chi connectivity index (χ0n) is 19.4. The number of hydrogen-bond donors (Lipinski definition) is 2. The second kappa shape index (κ2) is 9.36. The van der Waals surface area contributed by atoms with E-state index in [1.165, 1.54) is 12.1 Å². The Morgan fingerprint density at radius 3 is 2.47 bits per heavy atom. The third-order valence-corrected chi connectivity index (χ3v) is 5.23. The quantitative estimate of drug-likeness (QED) is 0.439. The minimum atomic E-state index is -4.52. The Balaban J connectivity index is 2.13. The van der Waals surface area contributed by atoms with E-state index in [0.29, 0.717) is 17.5 Å². The van der Waals surface area contributed by atoms with Crippen molar-refractivity contribution in [2.45, 2.75) is 51.8 Å². The third kappa shape index (κ3) is 5.32. The Hall–Kier alpha value is -3.56. The van der Waals surface area contributed by atoms with Gasteiger partial charge in [-0.2, -0.15) is 13.2 Å². The van der Waals surface area contributed by atoms with Crippen molar-refractivity contribution in [2.24, 2.45) is 0 Å². The molecule has 3 rings (SSSR count). The monoisotopic (exact) mass is 476 g/mol. The Morgan fingerprint density at radius 1 is 1.21 bits per heavy atom. The first-order chi connectivity index (χ1) is 15.8. The summed E-state index contributed by atoms with van der Waals surface area (Å²) in [6.07, 6.45) is -3.82. The number of hydrogen-bond acceptors (Lipinski definition) is 5. The standard InChI is InChI=1S/C24H27F3N4O3/c1-6-10-28-22(33)34-20(7-2)14-11-16(23(3,4)5)21(32)19(12-14)31-29-17-9-8-15(24(25,26)27)13-18(17)30-31/h6,8-9,11-13,20,32H,1,7,10H2,2-5H3,(H,28,33). The first-order valence-electron chi connectivity index (χ1n) is 10.7. The summed E-state index contributed by atoms with van der Waals surface area (Å²) in [7, 11) is 0. The molecule has 0 fully saturated rings. The highest BCUT2D eigenvalue weighted by Gasteiger charge is 2.31. The van der Waals surface area contributed by atoms with Crippen LogP contribution in [0.4, 0.5) is 18.0 Å². The smallest absolute Gasteiger partial charge is 0.416 e. The molecule has 2 N–H and O–H groups in total. The average molecular weight is 476 g/mol. The number of alkyl halides is 3. The van der Waals surface area contributed by atoms with Crippen LogP contribution in [0.3, 0.4) is 0 Å². The number of halogens is 3. The molecule has 7 nitrogen and oxygen atoms in total. The Bertz CT molecular complexity index is 1210. The molecule has 3 aromatic rings. The van der Waals surface area contributed by atoms with Crippen LogP contribution in [0, 0.1) is 0 Å². The van der Waals surface area contributed by atoms with Crippen molar-refractivity contribution in [1.29, 1.82) is 0 Å². The summed E-state index contributed by atoms with van der Waals surface area (Å²) in [5, 5.41) is 22.1. The molecule has 1 aromatic heterocycles. The van der Waals surface area contributed by atoms with Crippen molar-refractivity contribution < 1.29 is 27.8 Å². The van der Waals surface area contributed by atoms with Crippen LogP contribution in [0.15, 0.2) is 43.0 Å². The van der Waals surface area contributed by atoms with Crippen molar-refractivity contribution in [1.82, 2.24) is 20.3 Å². The van der Waals surface area contributed by atoms with Crippen LogP contribution < -0.4 is 5.32 Å². The average Bonchev–Trinajstić information content (AvgIpc) is 3.18. The normalized spacial score (nSPS) is 13.0. The molecule has 2 aromatic carbocycles. The summed E-state index contributed by atoms with van der Waals surface area (Å²) in [5.74, 6) is -0.112. The van der Waals surface area contributed by atoms with Gasteiger partial charge in [0.25, 0.3) is 0 Å². The van der Waals surface area contributed by atoms with Gasteiger partial charge in [-0.05, 0) is 47.7 Å². The van der Waals surface area contributed by atoms with Gasteiger partial charge in [0.15, 0.2) is 0 Å². The van der Waals surface area contributed by atoms with Crippen LogP contribution in [-0.4, -0.2) is 32.7 Å². The second-order valence-electron chi connectivity index (χ2n) is 8.85. The van der Waals surface area contributed by atoms with Crippen molar-refractivity contribution >= 4 is 17.1 Å². The zero-order valence-corrected chi connectivity index (χ0v) is 19.4. The molecule has 0 aliphatic carbocycles. The fourth-order valence-corrected chi connectivity index (χ4v) is 3.46. The van der Waals surface area contributed by atoms with E-state index in [2.05, 4.69) is 22.1 Å². The van der Waals surface area contributed by atoms with Gasteiger partial charge in [-0.15, -0.1) is 21.6 Å². The van der Waals surface area contributed by atoms with Crippen LogP contribution in [0.5, 0.6) is 5.75 Å². The number of alkyl carbamates (subject to hydrolysis) is 1. The summed E-state index contributed by atoms with van der Waals surface area (Å²) in [4.78, 5) is 13.2. The lowest BCUT2D eigenvalue weighted by atomic mass is 9.84. The predicted molar refractivity (Wildman–Crippen MR) is 122 cm³/mol. The van der Waals surface area contributed by atoms with Crippen LogP contribution in [0.2, 0.25) is 0 Å². The summed E-state index contributed by atoms with van der Waals surface area (Å²) < 4.78 is 44.9. The maximum atomic E-state index is 13.1. The molecule has 1 heterocycles. The molecular weight excluding hydrogens is 449 g/mol. The van der Waals surface area contributed by atoms with E-state index in [0.717, 1.165) is 16.9 Å². The number of nitrogens with zero attached hydrogens (tertiary/aromatic N) is 3. The van der Waals surface area contributed by atoms with E-state index in [1.54, 1.807) is 12.1 Å². The molecule has 34 heavy (non-hydrogen) atoms. The molecule has 1 atom stereocenters. The van der Waals surface area contributed by atoms with E-state index in [4.69, 9.17) is 4.74 Å². The van der Waals surface area contributed by atoms with Crippen LogP contribution >= 0.6 is 0 Å². The van der Waals surface area contributed by atoms with E-state index in [-0.39, 0.29) is 29.0 Å². The highest BCUT2D eigenvalue weighted by molar-refractivity contribution is 5.75. The van der Waals surface area contributed by atoms with Crippen LogP contribution in [0.25, 0.3) is 16.7 Å². The molecule has 0 saturated heterocycles. The van der Waals surface area contributed by atoms with E-state index in [1.807, 2.05) is 27.7 Å². The van der Waals surface area contributed by atoms with Crippen LogP contribution in [-0.2, 0) is 16.3 Å². The Kier molecular flexibility index (Phi) is 6.90. The largest absolute Gasteiger partial charge is 0.505 e. The van der Waals surface area contributed by atoms with Gasteiger partial charge in [0.05, 0.1) is 5.56 Å². The molecule has 0 saturated carbocycles. The maximum absolute atomic E-state index is 13.1. The highest BCUT2D eigenvalue weighted by atomic mass is 19.4. The molecule has 0 spiro atoms. The summed E-state index contributed by atoms with van der Waals surface area (Å²) in [6, 6.07) is 6.39. The number of carbonyl (C=O) groups excluding carboxylic acids is 1. The maximum Gasteiger partial charge on any atom is 0.416 e. The number of nitrogens with one attached hydrogen (secondary N) is 1. The lowest BCUT2D eigenvalue weighted by Crippen LogP contribution is -2.26. The highest BCUT2D eigenvalue weighted by Crippen LogP contribution is 2.39. The SMILES string of the molecule is C=CCNC(=O)OC(CC)c1cc(-n2nc3ccc(C(F)(F)F)cc3n2)c(O)c(C(C)(C)C)c1. The predicted octanol–water partition coefficient (Wildman–Crippen LogP) is 5.81. The van der Waals surface area contributed by atoms with Crippen molar-refractivity contribution in [2.75, 3.05) is 6.54 Å². The van der Waals surface area contributed by atoms with E-state index >= 15 is 0 Å². The van der Waals surface area contributed by atoms with Gasteiger partial charge in [0.2, 0.25) is 0 Å². The van der Waals surface area contributed by atoms with Gasteiger partial charge in [0.1, 0.15) is 28.6 Å². The topological polar surface area (TPSA) is 89.3 Å². The van der Waals surface area contributed by atoms with Gasteiger partial charge in [0, 0.05) is 12.1 Å². The summed E-state index contributed by atoms with van der Waals surface area (Å²) in [6.45, 7) is 11.3. The molecule has 0 bridgehead atoms. The molecule has 0 aliphatic rings. The van der Waals surface area contributed by atoms with Crippen molar-refractivity contribution in [3.63, 3.8) is 0 Å². The molecule has 182 valence electrons. The second-order valence-corrected chi connectivity index (χ2v) is 8.85. The van der Waals surface area contributed by atoms with Crippen LogP contribution in [0.1, 0.15) is 56.9 Å². The van der Waals surface area contributed by atoms with Gasteiger partial charge in [-0.3, -0.25) is 0 Å². The number of benzene rings is 2. The Labute approximate surface area is 195 Å². The number of ether oxygens (including phenoxy) is 1. The zero-order chi connectivity index (χ0) is 25.3. The number of carbonyl (C=O) groups is 1. The fraction of sp³-hybridized carbons (Fsp3) is 0.375. The lowest BCUT2D eigenvalue weighted by Gasteiger charge is -2.25. The Morgan fingerprint density at radius 2 is 1.88 bits per heavy atom. The minimum absolute atomic E-state index is 0.0315. The third-order valence-electron chi connectivity index (χ3n) is 5.23. The van der Waals surface area contributed by atoms with E-state index in [9.17, 15) is 23.1 Å². The number of phenols is 1. The van der Waals surface area contributed by atoms with Gasteiger partial charge < -0.3 is 15.2 Å². The van der Waals surface area contributed by atoms with Gasteiger partial charge >= 0.3 is 12.3 Å². The summed E-state index contributed by atoms with van der Waals surface area (Å²) >= 11 is 0. The molecule has 1 amide bonds. The van der Waals surface area contributed by atoms with Gasteiger partial charge in [-0.25, -0.2) is 4.79 Å². The molecule has 10 heteroatoms. The van der Waals surface area contributed by atoms with Gasteiger partial charge in [-0.1, -0.05) is 33.8 Å². The minimum Gasteiger partial charge on any atom is -0.505 e. The summed E-state index contributed by atoms with van der Waals surface area (Å²) in [5.41, 5.74) is 0.225. The number of fused-ring (bicyclic) bond motifs is 1. The number of phenolic OH excluding ortho intramolecular Hbond substituents is 1. The number of aromatic hydroxyl groups is 1. The molecule has 0 aliphatic heterocycles. The van der Waals surface area contributed by atoms with E-state index < -0.39 is 29.4 Å². The molecule has 0 radical (unpaired) electrons. The molecule has 1 unspecified atom stereocenters.